The third kappa shape index (κ3) is 2.73. The average molecular weight is 213 g/mol. The molecular formula is C12H17ClO. The van der Waals surface area contributed by atoms with Gasteiger partial charge >= 0.3 is 0 Å². The summed E-state index contributed by atoms with van der Waals surface area (Å²) in [6.07, 6.45) is 2.85. The lowest BCUT2D eigenvalue weighted by Gasteiger charge is -2.24. The number of hydrogen-bond donors (Lipinski definition) is 1. The maximum absolute atomic E-state index is 10.2. The van der Waals surface area contributed by atoms with E-state index in [4.69, 9.17) is 11.6 Å². The van der Waals surface area contributed by atoms with Crippen molar-refractivity contribution in [1.82, 2.24) is 0 Å². The minimum atomic E-state index is -0.797. The molecule has 0 saturated heterocycles. The van der Waals surface area contributed by atoms with Crippen molar-refractivity contribution >= 4 is 11.6 Å². The molecular weight excluding hydrogens is 196 g/mol. The van der Waals surface area contributed by atoms with Crippen molar-refractivity contribution < 1.29 is 5.11 Å². The van der Waals surface area contributed by atoms with Gasteiger partial charge in [0.1, 0.15) is 0 Å². The molecule has 0 fully saturated rings. The van der Waals surface area contributed by atoms with Crippen molar-refractivity contribution in [2.75, 3.05) is 0 Å². The van der Waals surface area contributed by atoms with Crippen LogP contribution in [0.5, 0.6) is 0 Å². The lowest BCUT2D eigenvalue weighted by Crippen LogP contribution is -2.21. The number of benzene rings is 1. The fraction of sp³-hybridized carbons (Fsp3) is 0.500. The Balaban J connectivity index is 2.86. The zero-order valence-corrected chi connectivity index (χ0v) is 9.51. The molecule has 78 valence electrons. The predicted octanol–water partition coefficient (Wildman–Crippen LogP) is 3.74. The molecule has 1 nitrogen and oxygen atoms in total. The fourth-order valence-corrected chi connectivity index (χ4v) is 1.89. The van der Waals surface area contributed by atoms with Gasteiger partial charge in [-0.25, -0.2) is 0 Å². The Labute approximate surface area is 90.7 Å². The van der Waals surface area contributed by atoms with Gasteiger partial charge in [-0.3, -0.25) is 0 Å². The van der Waals surface area contributed by atoms with Crippen LogP contribution in [0.2, 0.25) is 5.02 Å². The molecule has 0 saturated carbocycles. The molecule has 14 heavy (non-hydrogen) atoms. The van der Waals surface area contributed by atoms with Gasteiger partial charge in [0, 0.05) is 10.6 Å². The molecule has 1 unspecified atom stereocenters. The first-order valence-corrected chi connectivity index (χ1v) is 5.43. The molecule has 0 aliphatic rings. The van der Waals surface area contributed by atoms with Gasteiger partial charge in [0.15, 0.2) is 0 Å². The second kappa shape index (κ2) is 4.81. The summed E-state index contributed by atoms with van der Waals surface area (Å²) in [5, 5.41) is 10.9. The molecule has 0 aliphatic carbocycles. The SMILES string of the molecule is CCCCC(C)(O)c1ccccc1Cl. The molecule has 0 spiro atoms. The van der Waals surface area contributed by atoms with E-state index < -0.39 is 5.60 Å². The van der Waals surface area contributed by atoms with Crippen LogP contribution < -0.4 is 0 Å². The second-order valence-electron chi connectivity index (χ2n) is 3.86. The summed E-state index contributed by atoms with van der Waals surface area (Å²) in [4.78, 5) is 0. The molecule has 0 aromatic heterocycles. The standard InChI is InChI=1S/C12H17ClO/c1-3-4-9-12(2,14)10-7-5-6-8-11(10)13/h5-8,14H,3-4,9H2,1-2H3. The van der Waals surface area contributed by atoms with E-state index >= 15 is 0 Å². The van der Waals surface area contributed by atoms with Crippen LogP contribution in [0, 0.1) is 0 Å². The Bertz CT molecular complexity index is 294. The van der Waals surface area contributed by atoms with Crippen LogP contribution >= 0.6 is 11.6 Å². The van der Waals surface area contributed by atoms with Gasteiger partial charge in [0.05, 0.1) is 5.60 Å². The van der Waals surface area contributed by atoms with Crippen LogP contribution in [-0.4, -0.2) is 5.11 Å². The minimum absolute atomic E-state index is 0.647. The van der Waals surface area contributed by atoms with E-state index in [9.17, 15) is 5.11 Å². The van der Waals surface area contributed by atoms with E-state index in [1.807, 2.05) is 31.2 Å². The molecule has 1 aromatic rings. The topological polar surface area (TPSA) is 20.2 Å². The first-order valence-electron chi connectivity index (χ1n) is 5.05. The highest BCUT2D eigenvalue weighted by atomic mass is 35.5. The number of hydrogen-bond acceptors (Lipinski definition) is 1. The molecule has 0 heterocycles. The van der Waals surface area contributed by atoms with Crippen LogP contribution in [0.25, 0.3) is 0 Å². The highest BCUT2D eigenvalue weighted by Gasteiger charge is 2.24. The predicted molar refractivity (Wildman–Crippen MR) is 60.5 cm³/mol. The van der Waals surface area contributed by atoms with Crippen molar-refractivity contribution in [2.24, 2.45) is 0 Å². The van der Waals surface area contributed by atoms with Gasteiger partial charge in [-0.2, -0.15) is 0 Å². The normalized spacial score (nSPS) is 15.1. The molecule has 1 N–H and O–H groups in total. The Hall–Kier alpha value is -0.530. The summed E-state index contributed by atoms with van der Waals surface area (Å²) in [6.45, 7) is 3.94. The Morgan fingerprint density at radius 2 is 2.00 bits per heavy atom. The fourth-order valence-electron chi connectivity index (χ4n) is 1.55. The molecule has 0 radical (unpaired) electrons. The number of rotatable bonds is 4. The monoisotopic (exact) mass is 212 g/mol. The van der Waals surface area contributed by atoms with E-state index in [2.05, 4.69) is 6.92 Å². The Morgan fingerprint density at radius 3 is 2.57 bits per heavy atom. The van der Waals surface area contributed by atoms with Crippen molar-refractivity contribution in [3.8, 4) is 0 Å². The van der Waals surface area contributed by atoms with Crippen molar-refractivity contribution in [3.05, 3.63) is 34.9 Å². The van der Waals surface area contributed by atoms with Gasteiger partial charge < -0.3 is 5.11 Å². The van der Waals surface area contributed by atoms with Gasteiger partial charge in [0.2, 0.25) is 0 Å². The molecule has 1 atom stereocenters. The number of halogens is 1. The number of unbranched alkanes of at least 4 members (excludes halogenated alkanes) is 1. The molecule has 2 heteroatoms. The van der Waals surface area contributed by atoms with Crippen molar-refractivity contribution in [2.45, 2.75) is 38.7 Å². The third-order valence-electron chi connectivity index (χ3n) is 2.47. The van der Waals surface area contributed by atoms with Crippen LogP contribution in [0.3, 0.4) is 0 Å². The zero-order valence-electron chi connectivity index (χ0n) is 8.76. The van der Waals surface area contributed by atoms with Crippen LogP contribution in [-0.2, 0) is 5.60 Å². The van der Waals surface area contributed by atoms with Crippen LogP contribution in [0.4, 0.5) is 0 Å². The summed E-state index contributed by atoms with van der Waals surface area (Å²) in [6, 6.07) is 7.48. The smallest absolute Gasteiger partial charge is 0.0882 e. The Kier molecular flexibility index (Phi) is 3.97. The summed E-state index contributed by atoms with van der Waals surface area (Å²) in [7, 11) is 0. The van der Waals surface area contributed by atoms with Gasteiger partial charge in [-0.05, 0) is 19.4 Å². The molecule has 1 aromatic carbocycles. The summed E-state index contributed by atoms with van der Waals surface area (Å²) in [5.74, 6) is 0. The largest absolute Gasteiger partial charge is 0.385 e. The molecule has 0 bridgehead atoms. The maximum Gasteiger partial charge on any atom is 0.0882 e. The summed E-state index contributed by atoms with van der Waals surface area (Å²) < 4.78 is 0. The van der Waals surface area contributed by atoms with Gasteiger partial charge in [-0.15, -0.1) is 0 Å². The quantitative estimate of drug-likeness (QED) is 0.806. The maximum atomic E-state index is 10.2. The Morgan fingerprint density at radius 1 is 1.36 bits per heavy atom. The highest BCUT2D eigenvalue weighted by Crippen LogP contribution is 2.31. The molecule has 1 rings (SSSR count). The van der Waals surface area contributed by atoms with Crippen LogP contribution in [0.1, 0.15) is 38.7 Å². The van der Waals surface area contributed by atoms with Crippen LogP contribution in [0.15, 0.2) is 24.3 Å². The number of aliphatic hydroxyl groups is 1. The highest BCUT2D eigenvalue weighted by molar-refractivity contribution is 6.31. The molecule has 0 amide bonds. The van der Waals surface area contributed by atoms with E-state index in [1.165, 1.54) is 0 Å². The average Bonchev–Trinajstić information content (AvgIpc) is 2.15. The van der Waals surface area contributed by atoms with E-state index in [1.54, 1.807) is 0 Å². The van der Waals surface area contributed by atoms with Gasteiger partial charge in [0.25, 0.3) is 0 Å². The van der Waals surface area contributed by atoms with E-state index in [0.717, 1.165) is 24.8 Å². The molecule has 0 aliphatic heterocycles. The minimum Gasteiger partial charge on any atom is -0.385 e. The van der Waals surface area contributed by atoms with E-state index in [-0.39, 0.29) is 0 Å². The van der Waals surface area contributed by atoms with E-state index in [0.29, 0.717) is 5.02 Å². The summed E-state index contributed by atoms with van der Waals surface area (Å²) >= 11 is 6.03. The first kappa shape index (κ1) is 11.5. The van der Waals surface area contributed by atoms with Crippen molar-refractivity contribution in [1.29, 1.82) is 0 Å². The zero-order chi connectivity index (χ0) is 10.6. The lowest BCUT2D eigenvalue weighted by atomic mass is 9.90. The third-order valence-corrected chi connectivity index (χ3v) is 2.80. The van der Waals surface area contributed by atoms with Gasteiger partial charge in [-0.1, -0.05) is 49.6 Å². The van der Waals surface area contributed by atoms with Crippen molar-refractivity contribution in [3.63, 3.8) is 0 Å². The second-order valence-corrected chi connectivity index (χ2v) is 4.26. The summed E-state index contributed by atoms with van der Waals surface area (Å²) in [5.41, 5.74) is 0.0315. The lowest BCUT2D eigenvalue weighted by molar-refractivity contribution is 0.0455. The first-order chi connectivity index (χ1) is 6.58.